The van der Waals surface area contributed by atoms with Crippen LogP contribution in [0.5, 0.6) is 0 Å². The van der Waals surface area contributed by atoms with Gasteiger partial charge in [-0.15, -0.1) is 0 Å². The van der Waals surface area contributed by atoms with Gasteiger partial charge in [0.05, 0.1) is 24.5 Å². The van der Waals surface area contributed by atoms with Crippen molar-refractivity contribution in [1.29, 1.82) is 0 Å². The molecule has 0 saturated heterocycles. The van der Waals surface area contributed by atoms with Gasteiger partial charge in [0.1, 0.15) is 0 Å². The molecule has 0 radical (unpaired) electrons. The summed E-state index contributed by atoms with van der Waals surface area (Å²) in [6.45, 7) is 3.74. The first-order chi connectivity index (χ1) is 9.11. The van der Waals surface area contributed by atoms with E-state index >= 15 is 0 Å². The number of ether oxygens (including phenoxy) is 1. The third-order valence-corrected chi connectivity index (χ3v) is 2.58. The van der Waals surface area contributed by atoms with Gasteiger partial charge in [-0.25, -0.2) is 14.5 Å². The molecular weight excluding hydrogens is 246 g/mol. The molecule has 0 bridgehead atoms. The Morgan fingerprint density at radius 2 is 2.37 bits per heavy atom. The van der Waals surface area contributed by atoms with Crippen molar-refractivity contribution in [1.82, 2.24) is 14.8 Å². The van der Waals surface area contributed by atoms with Crippen LogP contribution in [-0.2, 0) is 4.74 Å². The summed E-state index contributed by atoms with van der Waals surface area (Å²) >= 11 is 0. The lowest BCUT2D eigenvalue weighted by molar-refractivity contribution is 0.0526. The van der Waals surface area contributed by atoms with E-state index in [0.717, 1.165) is 5.56 Å². The number of rotatable bonds is 4. The molecule has 2 aromatic rings. The number of aromatic nitrogens is 3. The van der Waals surface area contributed by atoms with E-state index in [1.54, 1.807) is 38.4 Å². The largest absolute Gasteiger partial charge is 0.462 e. The van der Waals surface area contributed by atoms with Crippen molar-refractivity contribution in [2.24, 2.45) is 0 Å². The maximum atomic E-state index is 11.5. The third kappa shape index (κ3) is 2.97. The number of aliphatic hydroxyl groups excluding tert-OH is 1. The number of esters is 1. The Kier molecular flexibility index (Phi) is 3.91. The van der Waals surface area contributed by atoms with Crippen molar-refractivity contribution in [2.75, 3.05) is 6.61 Å². The normalized spacial score (nSPS) is 12.2. The first-order valence-electron chi connectivity index (χ1n) is 5.98. The summed E-state index contributed by atoms with van der Waals surface area (Å²) < 4.78 is 6.36. The fourth-order valence-corrected chi connectivity index (χ4v) is 1.59. The first-order valence-corrected chi connectivity index (χ1v) is 5.98. The zero-order chi connectivity index (χ0) is 13.8. The maximum Gasteiger partial charge on any atom is 0.341 e. The highest BCUT2D eigenvalue weighted by Crippen LogP contribution is 2.14. The number of hydrogen-bond donors (Lipinski definition) is 1. The average molecular weight is 261 g/mol. The Morgan fingerprint density at radius 1 is 1.58 bits per heavy atom. The Bertz CT molecular complexity index is 578. The quantitative estimate of drug-likeness (QED) is 0.844. The van der Waals surface area contributed by atoms with Gasteiger partial charge in [0, 0.05) is 12.4 Å². The number of carbonyl (C=O) groups excluding carboxylic acids is 1. The predicted octanol–water partition coefficient (Wildman–Crippen LogP) is 1.50. The van der Waals surface area contributed by atoms with Crippen LogP contribution in [0.15, 0.2) is 30.7 Å². The number of aliphatic hydroxyl groups is 1. The van der Waals surface area contributed by atoms with Gasteiger partial charge in [-0.2, -0.15) is 5.10 Å². The van der Waals surface area contributed by atoms with Gasteiger partial charge in [0.2, 0.25) is 0 Å². The van der Waals surface area contributed by atoms with E-state index in [1.165, 1.54) is 10.9 Å². The molecule has 1 atom stereocenters. The molecule has 0 aliphatic heterocycles. The minimum absolute atomic E-state index is 0.319. The van der Waals surface area contributed by atoms with Crippen LogP contribution in [0.4, 0.5) is 0 Å². The highest BCUT2D eigenvalue weighted by Gasteiger charge is 2.11. The average Bonchev–Trinajstić information content (AvgIpc) is 2.89. The van der Waals surface area contributed by atoms with Crippen LogP contribution in [-0.4, -0.2) is 32.4 Å². The summed E-state index contributed by atoms with van der Waals surface area (Å²) in [5.41, 5.74) is 1.10. The molecule has 0 amide bonds. The van der Waals surface area contributed by atoms with Gasteiger partial charge in [-0.1, -0.05) is 0 Å². The third-order valence-electron chi connectivity index (χ3n) is 2.58. The smallest absolute Gasteiger partial charge is 0.341 e. The Labute approximate surface area is 110 Å². The number of nitrogens with zero attached hydrogens (tertiary/aromatic N) is 3. The molecule has 6 nitrogen and oxygen atoms in total. The summed E-state index contributed by atoms with van der Waals surface area (Å²) in [6, 6.07) is 3.44. The fourth-order valence-electron chi connectivity index (χ4n) is 1.59. The Hall–Kier alpha value is -2.21. The van der Waals surface area contributed by atoms with Crippen LogP contribution in [0.2, 0.25) is 0 Å². The van der Waals surface area contributed by atoms with Crippen LogP contribution in [0, 0.1) is 0 Å². The van der Waals surface area contributed by atoms with Crippen LogP contribution in [0.3, 0.4) is 0 Å². The molecule has 19 heavy (non-hydrogen) atoms. The zero-order valence-electron chi connectivity index (χ0n) is 10.8. The summed E-state index contributed by atoms with van der Waals surface area (Å²) in [4.78, 5) is 15.7. The predicted molar refractivity (Wildman–Crippen MR) is 67.9 cm³/mol. The second kappa shape index (κ2) is 5.62. The molecular formula is C13H15N3O3. The van der Waals surface area contributed by atoms with Gasteiger partial charge in [-0.3, -0.25) is 0 Å². The van der Waals surface area contributed by atoms with E-state index in [2.05, 4.69) is 10.1 Å². The second-order valence-corrected chi connectivity index (χ2v) is 4.02. The van der Waals surface area contributed by atoms with Crippen molar-refractivity contribution >= 4 is 5.97 Å². The highest BCUT2D eigenvalue weighted by atomic mass is 16.5. The van der Waals surface area contributed by atoms with Gasteiger partial charge < -0.3 is 9.84 Å². The monoisotopic (exact) mass is 261 g/mol. The molecule has 0 aliphatic carbocycles. The summed E-state index contributed by atoms with van der Waals surface area (Å²) in [7, 11) is 0. The van der Waals surface area contributed by atoms with Crippen LogP contribution < -0.4 is 0 Å². The van der Waals surface area contributed by atoms with Crippen LogP contribution in [0.25, 0.3) is 5.82 Å². The molecule has 100 valence electrons. The van der Waals surface area contributed by atoms with Crippen LogP contribution in [0.1, 0.15) is 35.9 Å². The summed E-state index contributed by atoms with van der Waals surface area (Å²) in [5, 5.41) is 13.6. The standard InChI is InChI=1S/C13H15N3O3/c1-3-19-13(18)11-7-15-16(8-11)12-6-10(9(2)17)4-5-14-12/h4-9,17H,3H2,1-2H3. The molecule has 0 spiro atoms. The lowest BCUT2D eigenvalue weighted by Crippen LogP contribution is -2.04. The lowest BCUT2D eigenvalue weighted by atomic mass is 10.2. The number of carbonyl (C=O) groups is 1. The molecule has 1 unspecified atom stereocenters. The van der Waals surface area contributed by atoms with E-state index < -0.39 is 12.1 Å². The summed E-state index contributed by atoms with van der Waals surface area (Å²) in [6.07, 6.45) is 3.98. The van der Waals surface area contributed by atoms with Gasteiger partial charge in [0.15, 0.2) is 5.82 Å². The second-order valence-electron chi connectivity index (χ2n) is 4.02. The molecule has 2 rings (SSSR count). The van der Waals surface area contributed by atoms with Gasteiger partial charge in [-0.05, 0) is 31.5 Å². The fraction of sp³-hybridized carbons (Fsp3) is 0.308. The van der Waals surface area contributed by atoms with E-state index in [-0.39, 0.29) is 0 Å². The van der Waals surface area contributed by atoms with Crippen molar-refractivity contribution < 1.29 is 14.6 Å². The van der Waals surface area contributed by atoms with Crippen molar-refractivity contribution in [3.05, 3.63) is 41.9 Å². The van der Waals surface area contributed by atoms with E-state index in [9.17, 15) is 9.90 Å². The zero-order valence-corrected chi connectivity index (χ0v) is 10.8. The SMILES string of the molecule is CCOC(=O)c1cnn(-c2cc(C(C)O)ccn2)c1. The minimum atomic E-state index is -0.582. The maximum absolute atomic E-state index is 11.5. The molecule has 2 heterocycles. The van der Waals surface area contributed by atoms with Gasteiger partial charge >= 0.3 is 5.97 Å². The topological polar surface area (TPSA) is 77.2 Å². The minimum Gasteiger partial charge on any atom is -0.462 e. The molecule has 0 saturated carbocycles. The summed E-state index contributed by atoms with van der Waals surface area (Å²) in [5.74, 6) is 0.120. The Morgan fingerprint density at radius 3 is 3.05 bits per heavy atom. The van der Waals surface area contributed by atoms with Gasteiger partial charge in [0.25, 0.3) is 0 Å². The van der Waals surface area contributed by atoms with E-state index in [1.807, 2.05) is 0 Å². The molecule has 2 aromatic heterocycles. The van der Waals surface area contributed by atoms with Crippen molar-refractivity contribution in [3.63, 3.8) is 0 Å². The highest BCUT2D eigenvalue weighted by molar-refractivity contribution is 5.88. The lowest BCUT2D eigenvalue weighted by Gasteiger charge is -2.06. The molecule has 0 fully saturated rings. The van der Waals surface area contributed by atoms with E-state index in [4.69, 9.17) is 4.74 Å². The van der Waals surface area contributed by atoms with Crippen molar-refractivity contribution in [2.45, 2.75) is 20.0 Å². The first kappa shape index (κ1) is 13.2. The van der Waals surface area contributed by atoms with E-state index in [0.29, 0.717) is 18.0 Å². The van der Waals surface area contributed by atoms with Crippen molar-refractivity contribution in [3.8, 4) is 5.82 Å². The molecule has 0 aromatic carbocycles. The molecule has 6 heteroatoms. The number of pyridine rings is 1. The molecule has 1 N–H and O–H groups in total. The Balaban J connectivity index is 2.27. The number of hydrogen-bond acceptors (Lipinski definition) is 5. The van der Waals surface area contributed by atoms with Crippen LogP contribution >= 0.6 is 0 Å². The molecule has 0 aliphatic rings.